The Morgan fingerprint density at radius 1 is 0.903 bits per heavy atom. The average molecular weight is 469 g/mol. The fraction of sp³-hybridized carbons (Fsp3) is 0.905. The molecule has 0 saturated heterocycles. The van der Waals surface area contributed by atoms with Crippen LogP contribution >= 0.6 is 7.82 Å². The van der Waals surface area contributed by atoms with Crippen LogP contribution < -0.4 is 5.73 Å². The van der Waals surface area contributed by atoms with Crippen molar-refractivity contribution in [3.8, 4) is 0 Å². The molecule has 0 saturated carbocycles. The summed E-state index contributed by atoms with van der Waals surface area (Å²) in [5.74, 6) is -0.884. The van der Waals surface area contributed by atoms with E-state index in [9.17, 15) is 19.0 Å². The molecule has 10 heteroatoms. The number of rotatable bonds is 22. The van der Waals surface area contributed by atoms with E-state index in [1.807, 2.05) is 5.73 Å². The molecule has 0 rings (SSSR count). The van der Waals surface area contributed by atoms with Gasteiger partial charge in [0.15, 0.2) is 6.10 Å². The molecule has 0 aromatic heterocycles. The van der Waals surface area contributed by atoms with Gasteiger partial charge >= 0.3 is 19.8 Å². The lowest BCUT2D eigenvalue weighted by atomic mass is 10.1. The van der Waals surface area contributed by atoms with Crippen LogP contribution in [-0.4, -0.2) is 49.3 Å². The second-order valence-electron chi connectivity index (χ2n) is 7.47. The molecule has 9 nitrogen and oxygen atoms in total. The van der Waals surface area contributed by atoms with Crippen molar-refractivity contribution in [1.82, 2.24) is 0 Å². The first-order valence-electron chi connectivity index (χ1n) is 12.0. The van der Waals surface area contributed by atoms with Gasteiger partial charge in [-0.05, 0) is 12.8 Å². The highest BCUT2D eigenvalue weighted by atomic mass is 31.2. The van der Waals surface area contributed by atoms with E-state index in [4.69, 9.17) is 19.9 Å². The van der Waals surface area contributed by atoms with Gasteiger partial charge in [0.1, 0.15) is 8.02 Å². The Labute approximate surface area is 188 Å². The summed E-state index contributed by atoms with van der Waals surface area (Å²) >= 11 is 0. The summed E-state index contributed by atoms with van der Waals surface area (Å²) < 4.78 is 38.8. The van der Waals surface area contributed by atoms with Crippen LogP contribution in [0.5, 0.6) is 0 Å². The van der Waals surface area contributed by atoms with Crippen LogP contribution in [0, 0.1) is 0 Å². The van der Waals surface area contributed by atoms with Crippen LogP contribution in [0.15, 0.2) is 0 Å². The van der Waals surface area contributed by atoms with Gasteiger partial charge in [-0.15, -0.1) is 0 Å². The number of nitrogens with two attached hydrogens (primary N) is 1. The van der Waals surface area contributed by atoms with Gasteiger partial charge in [-0.3, -0.25) is 18.6 Å². The van der Waals surface area contributed by atoms with Gasteiger partial charge in [-0.1, -0.05) is 65.2 Å². The number of carbonyl (C=O) groups is 2. The minimum absolute atomic E-state index is 0.0419. The third-order valence-electron chi connectivity index (χ3n) is 4.48. The first-order chi connectivity index (χ1) is 15.3. The van der Waals surface area contributed by atoms with Gasteiger partial charge < -0.3 is 20.1 Å². The highest BCUT2D eigenvalue weighted by molar-refractivity contribution is 7.47. The van der Waals surface area contributed by atoms with Crippen molar-refractivity contribution in [2.75, 3.05) is 26.4 Å². The van der Waals surface area contributed by atoms with E-state index >= 15 is 0 Å². The SMILES string of the molecule is [2H]NCCOP(=O)(O)OC[C@@H](COC(=O)CCCCCCC)OC(=O)CCCCCCC. The summed E-state index contributed by atoms with van der Waals surface area (Å²) in [6.07, 6.45) is 9.32. The minimum atomic E-state index is -4.38. The zero-order valence-electron chi connectivity index (χ0n) is 20.1. The van der Waals surface area contributed by atoms with Crippen molar-refractivity contribution in [2.24, 2.45) is 5.73 Å². The molecule has 0 aromatic rings. The van der Waals surface area contributed by atoms with Crippen molar-refractivity contribution in [2.45, 2.75) is 97.0 Å². The predicted octanol–water partition coefficient (Wildman–Crippen LogP) is 4.25. The largest absolute Gasteiger partial charge is 0.472 e. The van der Waals surface area contributed by atoms with Gasteiger partial charge in [0.05, 0.1) is 13.2 Å². The molecule has 0 aromatic carbocycles. The normalized spacial score (nSPS) is 14.5. The second kappa shape index (κ2) is 19.7. The Morgan fingerprint density at radius 3 is 2.06 bits per heavy atom. The molecule has 0 aliphatic carbocycles. The molecule has 0 heterocycles. The zero-order valence-corrected chi connectivity index (χ0v) is 20.0. The van der Waals surface area contributed by atoms with Crippen molar-refractivity contribution >= 4 is 19.8 Å². The number of carbonyl (C=O) groups excluding carboxylic acids is 2. The molecule has 31 heavy (non-hydrogen) atoms. The first-order valence-corrected chi connectivity index (χ1v) is 13.0. The molecule has 0 amide bonds. The van der Waals surface area contributed by atoms with E-state index in [0.29, 0.717) is 6.42 Å². The quantitative estimate of drug-likeness (QED) is 0.136. The van der Waals surface area contributed by atoms with Crippen LogP contribution in [0.4, 0.5) is 0 Å². The molecule has 0 aliphatic rings. The predicted molar refractivity (Wildman–Crippen MR) is 118 cm³/mol. The third kappa shape index (κ3) is 19.4. The summed E-state index contributed by atoms with van der Waals surface area (Å²) in [6, 6.07) is 0. The smallest absolute Gasteiger partial charge is 0.462 e. The van der Waals surface area contributed by atoms with Gasteiger partial charge in [0, 0.05) is 19.4 Å². The number of unbranched alkanes of at least 4 members (excludes halogenated alkanes) is 8. The Morgan fingerprint density at radius 2 is 1.48 bits per heavy atom. The summed E-state index contributed by atoms with van der Waals surface area (Å²) in [6.45, 7) is 3.35. The minimum Gasteiger partial charge on any atom is -0.462 e. The maximum Gasteiger partial charge on any atom is 0.472 e. The number of phosphoric ester groups is 1. The average Bonchev–Trinajstić information content (AvgIpc) is 2.75. The Balaban J connectivity index is 4.52. The lowest BCUT2D eigenvalue weighted by Gasteiger charge is -2.19. The van der Waals surface area contributed by atoms with Gasteiger partial charge in [0.2, 0.25) is 0 Å². The topological polar surface area (TPSA) is 134 Å². The summed E-state index contributed by atoms with van der Waals surface area (Å²) in [5, 5.41) is 0. The van der Waals surface area contributed by atoms with Gasteiger partial charge in [-0.2, -0.15) is 0 Å². The summed E-state index contributed by atoms with van der Waals surface area (Å²) in [4.78, 5) is 33.8. The molecular weight excluding hydrogens is 425 g/mol. The standard InChI is InChI=1S/C21H42NO8P/c1-3-5-7-9-11-13-20(23)27-17-19(18-29-31(25,26)28-16-15-22)30-21(24)14-12-10-8-6-4-2/h19H,3-18,22H2,1-2H3,(H,25,26)/t19-/m1/s1/i/hD. The third-order valence-corrected chi connectivity index (χ3v) is 5.46. The van der Waals surface area contributed by atoms with Crippen molar-refractivity contribution < 1.29 is 39.0 Å². The number of esters is 2. The lowest BCUT2D eigenvalue weighted by Crippen LogP contribution is -2.29. The number of ether oxygens (including phenoxy) is 2. The Kier molecular flexibility index (Phi) is 17.8. The number of hydrogen-bond acceptors (Lipinski definition) is 8. The van der Waals surface area contributed by atoms with Crippen LogP contribution in [0.3, 0.4) is 0 Å². The maximum absolute atomic E-state index is 12.1. The van der Waals surface area contributed by atoms with Crippen molar-refractivity contribution in [3.05, 3.63) is 0 Å². The molecule has 0 bridgehead atoms. The van der Waals surface area contributed by atoms with E-state index in [2.05, 4.69) is 13.8 Å². The number of hydrogen-bond donors (Lipinski definition) is 2. The van der Waals surface area contributed by atoms with Crippen LogP contribution in [0.25, 0.3) is 0 Å². The molecule has 184 valence electrons. The second-order valence-corrected chi connectivity index (χ2v) is 8.92. The van der Waals surface area contributed by atoms with Crippen molar-refractivity contribution in [1.29, 1.82) is 0 Å². The fourth-order valence-corrected chi connectivity index (χ4v) is 3.49. The lowest BCUT2D eigenvalue weighted by molar-refractivity contribution is -0.161. The number of phosphoric acid groups is 1. The van der Waals surface area contributed by atoms with E-state index in [1.165, 1.54) is 0 Å². The highest BCUT2D eigenvalue weighted by Crippen LogP contribution is 2.43. The molecule has 2 atom stereocenters. The first kappa shape index (κ1) is 28.0. The zero-order chi connectivity index (χ0) is 24.1. The monoisotopic (exact) mass is 468 g/mol. The van der Waals surface area contributed by atoms with Gasteiger partial charge in [-0.25, -0.2) is 4.57 Å². The molecule has 0 aliphatic heterocycles. The van der Waals surface area contributed by atoms with Crippen molar-refractivity contribution in [3.63, 3.8) is 0 Å². The molecule has 0 fully saturated rings. The van der Waals surface area contributed by atoms with E-state index in [1.54, 1.807) is 0 Å². The molecule has 0 spiro atoms. The van der Waals surface area contributed by atoms with Crippen LogP contribution in [-0.2, 0) is 32.7 Å². The molecule has 3 N–H and O–H groups in total. The van der Waals surface area contributed by atoms with Crippen LogP contribution in [0.1, 0.15) is 90.9 Å². The summed E-state index contributed by atoms with van der Waals surface area (Å²) in [7, 11) is -4.38. The molecule has 0 radical (unpaired) electrons. The Bertz CT molecular complexity index is 538. The van der Waals surface area contributed by atoms with E-state index in [-0.39, 0.29) is 32.6 Å². The van der Waals surface area contributed by atoms with E-state index < -0.39 is 32.5 Å². The maximum atomic E-state index is 12.1. The Hall–Kier alpha value is -0.990. The van der Waals surface area contributed by atoms with E-state index in [0.717, 1.165) is 57.8 Å². The summed E-state index contributed by atoms with van der Waals surface area (Å²) in [5.41, 5.74) is 2.03. The molecule has 1 unspecified atom stereocenters. The fourth-order valence-electron chi connectivity index (χ4n) is 2.74. The molecular formula is C21H42NO8P. The van der Waals surface area contributed by atoms with Crippen LogP contribution in [0.2, 0.25) is 1.41 Å². The highest BCUT2D eigenvalue weighted by Gasteiger charge is 2.25. The van der Waals surface area contributed by atoms with Gasteiger partial charge in [0.25, 0.3) is 0 Å².